The normalized spacial score (nSPS) is 12.6. The second kappa shape index (κ2) is 5.44. The smallest absolute Gasteiger partial charge is 0.127 e. The van der Waals surface area contributed by atoms with Crippen molar-refractivity contribution in [3.8, 4) is 0 Å². The van der Waals surface area contributed by atoms with Crippen LogP contribution in [0.5, 0.6) is 0 Å². The quantitative estimate of drug-likeness (QED) is 0.739. The van der Waals surface area contributed by atoms with Gasteiger partial charge in [0.05, 0.1) is 5.66 Å². The van der Waals surface area contributed by atoms with E-state index in [1.807, 2.05) is 0 Å². The van der Waals surface area contributed by atoms with Crippen LogP contribution in [0.2, 0.25) is 0 Å². The molecule has 17 heavy (non-hydrogen) atoms. The molecule has 0 saturated carbocycles. The minimum Gasteiger partial charge on any atom is -0.207 e. The molecule has 0 nitrogen and oxygen atoms in total. The fourth-order valence-corrected chi connectivity index (χ4v) is 2.96. The van der Waals surface area contributed by atoms with E-state index in [4.69, 9.17) is 11.8 Å². The molecule has 2 aromatic rings. The second-order valence-corrected chi connectivity index (χ2v) is 4.94. The molecule has 0 fully saturated rings. The van der Waals surface area contributed by atoms with E-state index >= 15 is 0 Å². The van der Waals surface area contributed by atoms with Gasteiger partial charge in [-0.1, -0.05) is 42.1 Å². The molecule has 0 radical (unpaired) electrons. The summed E-state index contributed by atoms with van der Waals surface area (Å²) < 4.78 is 26.5. The van der Waals surface area contributed by atoms with Gasteiger partial charge in [0.1, 0.15) is 11.6 Å². The number of halogens is 2. The molecule has 1 unspecified atom stereocenters. The second-order valence-electron chi connectivity index (χ2n) is 3.58. The molecule has 0 bridgehead atoms. The SMILES string of the molecule is Fc1ccc(C(P=S)c2ccccc2F)cc1. The molecule has 0 spiro atoms. The molecule has 1 atom stereocenters. The van der Waals surface area contributed by atoms with Gasteiger partial charge in [-0.3, -0.25) is 0 Å². The van der Waals surface area contributed by atoms with Crippen LogP contribution >= 0.6 is 7.36 Å². The molecule has 0 aromatic heterocycles. The highest BCUT2D eigenvalue weighted by atomic mass is 32.4. The summed E-state index contributed by atoms with van der Waals surface area (Å²) in [5.41, 5.74) is 1.15. The molecule has 2 aromatic carbocycles. The first-order valence-electron chi connectivity index (χ1n) is 5.04. The lowest BCUT2D eigenvalue weighted by molar-refractivity contribution is 0.612. The van der Waals surface area contributed by atoms with E-state index in [1.54, 1.807) is 30.3 Å². The van der Waals surface area contributed by atoms with Crippen molar-refractivity contribution in [2.75, 3.05) is 0 Å². The molecule has 2 rings (SSSR count). The third-order valence-electron chi connectivity index (χ3n) is 2.49. The first kappa shape index (κ1) is 12.3. The van der Waals surface area contributed by atoms with Crippen LogP contribution in [0, 0.1) is 11.6 Å². The van der Waals surface area contributed by atoms with Crippen LogP contribution in [0.1, 0.15) is 16.8 Å². The van der Waals surface area contributed by atoms with Gasteiger partial charge in [-0.15, -0.1) is 0 Å². The Labute approximate surface area is 105 Å². The van der Waals surface area contributed by atoms with Gasteiger partial charge in [0.2, 0.25) is 0 Å². The van der Waals surface area contributed by atoms with Gasteiger partial charge in [-0.2, -0.15) is 0 Å². The third-order valence-corrected chi connectivity index (χ3v) is 3.91. The summed E-state index contributed by atoms with van der Waals surface area (Å²) in [5.74, 6) is -0.582. The molecule has 0 aliphatic rings. The van der Waals surface area contributed by atoms with E-state index in [-0.39, 0.29) is 17.3 Å². The van der Waals surface area contributed by atoms with Crippen LogP contribution in [0.4, 0.5) is 8.78 Å². The minimum atomic E-state index is -0.304. The van der Waals surface area contributed by atoms with E-state index in [0.717, 1.165) is 5.56 Å². The first-order chi connectivity index (χ1) is 8.22. The Morgan fingerprint density at radius 1 is 0.941 bits per heavy atom. The molecule has 0 N–H and O–H groups in total. The van der Waals surface area contributed by atoms with E-state index in [0.29, 0.717) is 12.9 Å². The summed E-state index contributed by atoms with van der Waals surface area (Å²) in [4.78, 5) is 0. The van der Waals surface area contributed by atoms with Crippen molar-refractivity contribution in [2.45, 2.75) is 5.66 Å². The molecule has 4 heteroatoms. The molecule has 86 valence electrons. The summed E-state index contributed by atoms with van der Waals surface area (Å²) in [6.45, 7) is 0. The van der Waals surface area contributed by atoms with Crippen LogP contribution in [0.25, 0.3) is 0 Å². The molecular formula is C13H9F2PS. The number of rotatable bonds is 3. The topological polar surface area (TPSA) is 0 Å². The van der Waals surface area contributed by atoms with E-state index in [9.17, 15) is 8.78 Å². The maximum Gasteiger partial charge on any atom is 0.127 e. The van der Waals surface area contributed by atoms with Crippen LogP contribution in [0.15, 0.2) is 48.5 Å². The van der Waals surface area contributed by atoms with Gasteiger partial charge in [0.15, 0.2) is 0 Å². The van der Waals surface area contributed by atoms with Gasteiger partial charge in [-0.05, 0) is 31.1 Å². The van der Waals surface area contributed by atoms with Crippen LogP contribution in [-0.4, -0.2) is 0 Å². The predicted octanol–water partition coefficient (Wildman–Crippen LogP) is 4.46. The lowest BCUT2D eigenvalue weighted by Gasteiger charge is -2.12. The molecule has 0 aliphatic heterocycles. The highest BCUT2D eigenvalue weighted by molar-refractivity contribution is 7.96. The fraction of sp³-hybridized carbons (Fsp3) is 0.0769. The monoisotopic (exact) mass is 266 g/mol. The summed E-state index contributed by atoms with van der Waals surface area (Å²) in [6.07, 6.45) is 0. The van der Waals surface area contributed by atoms with Gasteiger partial charge in [0, 0.05) is 5.56 Å². The zero-order valence-electron chi connectivity index (χ0n) is 8.81. The highest BCUT2D eigenvalue weighted by Gasteiger charge is 2.15. The predicted molar refractivity (Wildman–Crippen MR) is 68.9 cm³/mol. The number of hydrogen-bond donors (Lipinski definition) is 0. The van der Waals surface area contributed by atoms with Crippen molar-refractivity contribution in [1.82, 2.24) is 0 Å². The van der Waals surface area contributed by atoms with Gasteiger partial charge in [-0.25, -0.2) is 8.78 Å². The zero-order chi connectivity index (χ0) is 12.3. The van der Waals surface area contributed by atoms with Crippen molar-refractivity contribution in [2.24, 2.45) is 0 Å². The number of benzene rings is 2. The zero-order valence-corrected chi connectivity index (χ0v) is 10.5. The largest absolute Gasteiger partial charge is 0.207 e. The lowest BCUT2D eigenvalue weighted by atomic mass is 10.0. The van der Waals surface area contributed by atoms with E-state index in [1.165, 1.54) is 18.2 Å². The average molecular weight is 266 g/mol. The van der Waals surface area contributed by atoms with Crippen molar-refractivity contribution in [3.05, 3.63) is 71.3 Å². The van der Waals surface area contributed by atoms with Crippen LogP contribution in [0.3, 0.4) is 0 Å². The van der Waals surface area contributed by atoms with Gasteiger partial charge < -0.3 is 0 Å². The highest BCUT2D eigenvalue weighted by Crippen LogP contribution is 2.35. The summed E-state index contributed by atoms with van der Waals surface area (Å²) >= 11 is 5.04. The van der Waals surface area contributed by atoms with E-state index in [2.05, 4.69) is 0 Å². The Kier molecular flexibility index (Phi) is 3.93. The molecule has 0 amide bonds. The third kappa shape index (κ3) is 2.74. The fourth-order valence-electron chi connectivity index (χ4n) is 1.64. The Hall–Kier alpha value is -1.18. The van der Waals surface area contributed by atoms with Gasteiger partial charge >= 0.3 is 0 Å². The van der Waals surface area contributed by atoms with Crippen molar-refractivity contribution in [3.63, 3.8) is 0 Å². The van der Waals surface area contributed by atoms with Crippen molar-refractivity contribution >= 4 is 19.2 Å². The summed E-state index contributed by atoms with van der Waals surface area (Å²) in [6, 6.07) is 12.6. The first-order valence-corrected chi connectivity index (χ1v) is 7.02. The average Bonchev–Trinajstić information content (AvgIpc) is 2.35. The summed E-state index contributed by atoms with van der Waals surface area (Å²) in [5, 5.41) is 0. The standard InChI is InChI=1S/C13H9F2PS/c14-10-7-5-9(6-8-10)13(16-17)11-3-1-2-4-12(11)15/h1-8,13H. The van der Waals surface area contributed by atoms with E-state index < -0.39 is 0 Å². The Balaban J connectivity index is 2.44. The lowest BCUT2D eigenvalue weighted by Crippen LogP contribution is -1.96. The molecule has 0 aliphatic carbocycles. The maximum atomic E-state index is 13.7. The van der Waals surface area contributed by atoms with Gasteiger partial charge in [0.25, 0.3) is 0 Å². The van der Waals surface area contributed by atoms with Crippen molar-refractivity contribution in [1.29, 1.82) is 0 Å². The molecule has 0 saturated heterocycles. The van der Waals surface area contributed by atoms with Crippen molar-refractivity contribution < 1.29 is 8.78 Å². The Morgan fingerprint density at radius 2 is 1.59 bits per heavy atom. The maximum absolute atomic E-state index is 13.7. The number of hydrogen-bond acceptors (Lipinski definition) is 1. The minimum absolute atomic E-state index is 0.230. The Morgan fingerprint density at radius 3 is 2.18 bits per heavy atom. The Bertz CT molecular complexity index is 525. The molecule has 0 heterocycles. The van der Waals surface area contributed by atoms with Crippen LogP contribution < -0.4 is 0 Å². The summed E-state index contributed by atoms with van der Waals surface area (Å²) in [7, 11) is 0.617. The van der Waals surface area contributed by atoms with Crippen LogP contribution in [-0.2, 0) is 11.8 Å². The molecular weight excluding hydrogens is 257 g/mol.